The van der Waals surface area contributed by atoms with Gasteiger partial charge < -0.3 is 20.4 Å². The van der Waals surface area contributed by atoms with E-state index in [9.17, 15) is 14.4 Å². The van der Waals surface area contributed by atoms with E-state index in [4.69, 9.17) is 0 Å². The van der Waals surface area contributed by atoms with E-state index in [0.29, 0.717) is 23.8 Å². The molecule has 5 rings (SSSR count). The van der Waals surface area contributed by atoms with Crippen molar-refractivity contribution in [2.45, 2.75) is 64.2 Å². The molecule has 0 saturated heterocycles. The van der Waals surface area contributed by atoms with Gasteiger partial charge in [0.1, 0.15) is 6.04 Å². The zero-order chi connectivity index (χ0) is 26.3. The number of anilines is 2. The molecule has 2 heterocycles. The van der Waals surface area contributed by atoms with E-state index in [1.165, 1.54) is 6.92 Å². The molecule has 3 unspecified atom stereocenters. The van der Waals surface area contributed by atoms with Crippen molar-refractivity contribution in [2.75, 3.05) is 16.8 Å². The van der Waals surface area contributed by atoms with Crippen LogP contribution in [0, 0.1) is 0 Å². The number of carbonyl (C=O) groups is 3. The molecule has 8 heteroatoms. The molecule has 2 aliphatic rings. The van der Waals surface area contributed by atoms with Crippen LogP contribution in [0.4, 0.5) is 11.4 Å². The van der Waals surface area contributed by atoms with Gasteiger partial charge in [-0.15, -0.1) is 0 Å². The maximum absolute atomic E-state index is 14.3. The second kappa shape index (κ2) is 9.94. The van der Waals surface area contributed by atoms with Crippen molar-refractivity contribution >= 4 is 40.0 Å². The van der Waals surface area contributed by atoms with Gasteiger partial charge in [-0.3, -0.25) is 19.4 Å². The Kier molecular flexibility index (Phi) is 6.69. The molecule has 1 aliphatic heterocycles. The Morgan fingerprint density at radius 1 is 1.08 bits per heavy atom. The molecule has 2 N–H and O–H groups in total. The number of hydrogen-bond acceptors (Lipinski definition) is 5. The highest BCUT2D eigenvalue weighted by Gasteiger charge is 2.42. The summed E-state index contributed by atoms with van der Waals surface area (Å²) in [5.41, 5.74) is 4.41. The Balaban J connectivity index is 1.66. The number of pyridine rings is 1. The van der Waals surface area contributed by atoms with Crippen molar-refractivity contribution in [1.82, 2.24) is 15.6 Å². The highest BCUT2D eigenvalue weighted by Crippen LogP contribution is 2.44. The van der Waals surface area contributed by atoms with E-state index in [0.717, 1.165) is 34.9 Å². The van der Waals surface area contributed by atoms with Crippen LogP contribution in [0.2, 0.25) is 0 Å². The van der Waals surface area contributed by atoms with Crippen molar-refractivity contribution in [2.24, 2.45) is 0 Å². The Labute approximate surface area is 217 Å². The van der Waals surface area contributed by atoms with Gasteiger partial charge in [-0.25, -0.2) is 0 Å². The van der Waals surface area contributed by atoms with E-state index in [-0.39, 0.29) is 17.7 Å². The summed E-state index contributed by atoms with van der Waals surface area (Å²) in [6, 6.07) is 13.5. The minimum Gasteiger partial charge on any atom is -0.341 e. The van der Waals surface area contributed by atoms with Crippen LogP contribution < -0.4 is 20.4 Å². The van der Waals surface area contributed by atoms with Gasteiger partial charge in [0.15, 0.2) is 0 Å². The summed E-state index contributed by atoms with van der Waals surface area (Å²) in [7, 11) is 1.70. The van der Waals surface area contributed by atoms with E-state index in [1.54, 1.807) is 23.8 Å². The average Bonchev–Trinajstić information content (AvgIpc) is 3.75. The van der Waals surface area contributed by atoms with Gasteiger partial charge in [-0.2, -0.15) is 0 Å². The van der Waals surface area contributed by atoms with Gasteiger partial charge >= 0.3 is 0 Å². The van der Waals surface area contributed by atoms with Crippen molar-refractivity contribution in [1.29, 1.82) is 0 Å². The van der Waals surface area contributed by atoms with E-state index < -0.39 is 18.1 Å². The minimum absolute atomic E-state index is 0.191. The lowest BCUT2D eigenvalue weighted by Gasteiger charge is -2.32. The number of nitrogens with zero attached hydrogens (tertiary/aromatic N) is 3. The molecule has 3 amide bonds. The molecule has 37 heavy (non-hydrogen) atoms. The Morgan fingerprint density at radius 3 is 2.43 bits per heavy atom. The van der Waals surface area contributed by atoms with Gasteiger partial charge in [0.2, 0.25) is 11.8 Å². The number of aromatic nitrogens is 1. The molecule has 0 bridgehead atoms. The summed E-state index contributed by atoms with van der Waals surface area (Å²) in [5, 5.41) is 6.87. The van der Waals surface area contributed by atoms with Gasteiger partial charge in [-0.05, 0) is 69.0 Å². The number of rotatable bonds is 6. The first-order valence-electron chi connectivity index (χ1n) is 12.9. The summed E-state index contributed by atoms with van der Waals surface area (Å²) in [6.07, 6.45) is 4.16. The zero-order valence-electron chi connectivity index (χ0n) is 21.7. The highest BCUT2D eigenvalue weighted by molar-refractivity contribution is 6.08. The third-order valence-electron chi connectivity index (χ3n) is 7.57. The maximum Gasteiger partial charge on any atom is 0.252 e. The lowest BCUT2D eigenvalue weighted by Crippen LogP contribution is -2.59. The average molecular weight is 500 g/mol. The molecular formula is C29H33N5O3. The molecule has 1 aliphatic carbocycles. The third kappa shape index (κ3) is 4.57. The van der Waals surface area contributed by atoms with Crippen LogP contribution >= 0.6 is 0 Å². The first-order valence-corrected chi connectivity index (χ1v) is 12.9. The number of para-hydroxylation sites is 3. The third-order valence-corrected chi connectivity index (χ3v) is 7.57. The molecule has 1 aromatic heterocycles. The number of likely N-dealkylation sites (N-methyl/N-ethyl adjacent to an activating group) is 1. The van der Waals surface area contributed by atoms with E-state index >= 15 is 0 Å². The van der Waals surface area contributed by atoms with Crippen LogP contribution in [-0.2, 0) is 20.9 Å². The highest BCUT2D eigenvalue weighted by atomic mass is 16.2. The molecule has 0 spiro atoms. The first-order chi connectivity index (χ1) is 17.8. The minimum atomic E-state index is -0.919. The number of benzene rings is 2. The van der Waals surface area contributed by atoms with Crippen molar-refractivity contribution in [3.63, 3.8) is 0 Å². The normalized spacial score (nSPS) is 20.4. The smallest absolute Gasteiger partial charge is 0.252 e. The molecule has 1 fully saturated rings. The predicted octanol–water partition coefficient (Wildman–Crippen LogP) is 3.49. The number of amides is 3. The lowest BCUT2D eigenvalue weighted by molar-refractivity contribution is -0.129. The summed E-state index contributed by atoms with van der Waals surface area (Å²) in [4.78, 5) is 48.2. The predicted molar refractivity (Wildman–Crippen MR) is 144 cm³/mol. The topological polar surface area (TPSA) is 94.6 Å². The van der Waals surface area contributed by atoms with E-state index in [1.807, 2.05) is 55.6 Å². The fraction of sp³-hybridized carbons (Fsp3) is 0.379. The van der Waals surface area contributed by atoms with Crippen molar-refractivity contribution < 1.29 is 14.4 Å². The Hall–Kier alpha value is -3.78. The molecule has 0 radical (unpaired) electrons. The van der Waals surface area contributed by atoms with Gasteiger partial charge in [-0.1, -0.05) is 30.3 Å². The second-order valence-electron chi connectivity index (χ2n) is 10.0. The molecule has 1 saturated carbocycles. The molecule has 8 nitrogen and oxygen atoms in total. The fourth-order valence-corrected chi connectivity index (χ4v) is 5.26. The van der Waals surface area contributed by atoms with Crippen LogP contribution in [-0.4, -0.2) is 47.9 Å². The second-order valence-corrected chi connectivity index (χ2v) is 10.0. The Bertz CT molecular complexity index is 1370. The van der Waals surface area contributed by atoms with Crippen molar-refractivity contribution in [3.05, 3.63) is 65.9 Å². The van der Waals surface area contributed by atoms with Crippen LogP contribution in [0.15, 0.2) is 54.7 Å². The molecule has 2 aromatic carbocycles. The Morgan fingerprint density at radius 2 is 1.76 bits per heavy atom. The monoisotopic (exact) mass is 499 g/mol. The lowest BCUT2D eigenvalue weighted by atomic mass is 9.99. The first kappa shape index (κ1) is 24.9. The molecule has 3 aromatic rings. The molecular weight excluding hydrogens is 466 g/mol. The number of fused-ring (bicyclic) bond motifs is 2. The largest absolute Gasteiger partial charge is 0.341 e. The number of nitrogens with one attached hydrogen (secondary N) is 2. The summed E-state index contributed by atoms with van der Waals surface area (Å²) < 4.78 is 0. The summed E-state index contributed by atoms with van der Waals surface area (Å²) >= 11 is 0. The van der Waals surface area contributed by atoms with Crippen LogP contribution in [0.25, 0.3) is 10.9 Å². The van der Waals surface area contributed by atoms with Crippen molar-refractivity contribution in [3.8, 4) is 0 Å². The number of hydrogen-bond donors (Lipinski definition) is 2. The molecule has 192 valence electrons. The summed E-state index contributed by atoms with van der Waals surface area (Å²) in [5.74, 6) is -0.300. The quantitative estimate of drug-likeness (QED) is 0.542. The fourth-order valence-electron chi connectivity index (χ4n) is 5.26. The number of carbonyl (C=O) groups excluding carboxylic acids is 3. The summed E-state index contributed by atoms with van der Waals surface area (Å²) in [6.45, 7) is 5.36. The van der Waals surface area contributed by atoms with Gasteiger partial charge in [0.05, 0.1) is 35.5 Å². The van der Waals surface area contributed by atoms with E-state index in [2.05, 4.69) is 21.7 Å². The molecule has 3 atom stereocenters. The zero-order valence-corrected chi connectivity index (χ0v) is 21.7. The van der Waals surface area contributed by atoms with Gasteiger partial charge in [0, 0.05) is 18.5 Å². The van der Waals surface area contributed by atoms with Crippen LogP contribution in [0.5, 0.6) is 0 Å². The van der Waals surface area contributed by atoms with Crippen LogP contribution in [0.3, 0.4) is 0 Å². The van der Waals surface area contributed by atoms with Crippen LogP contribution in [0.1, 0.15) is 50.7 Å². The maximum atomic E-state index is 14.3. The SMILES string of the molecule is CNC(C)C(=O)NC1C(=O)N(Cc2c(C3CC3)cnc3ccccc23)c2ccccc2N(C(C)=O)C1C. The standard InChI is InChI=1S/C29H33N5O3/c1-17(30-4)28(36)32-27-18(2)34(19(3)35)26-12-8-7-11-25(26)33(29(27)37)16-23-21-9-5-6-10-24(21)31-15-22(23)20-13-14-20/h5-12,15,17-18,20,27,30H,13-14,16H2,1-4H3,(H,32,36). The van der Waals surface area contributed by atoms with Gasteiger partial charge in [0.25, 0.3) is 5.91 Å².